The predicted octanol–water partition coefficient (Wildman–Crippen LogP) is 2.09. The zero-order valence-electron chi connectivity index (χ0n) is 9.33. The van der Waals surface area contributed by atoms with E-state index in [-0.39, 0.29) is 5.56 Å². The quantitative estimate of drug-likeness (QED) is 0.634. The molecule has 0 saturated heterocycles. The Kier molecular flexibility index (Phi) is 3.33. The molecule has 0 fully saturated rings. The molecule has 1 aromatic heterocycles. The Morgan fingerprint density at radius 3 is 2.44 bits per heavy atom. The molecule has 0 unspecified atom stereocenters. The summed E-state index contributed by atoms with van der Waals surface area (Å²) in [7, 11) is 0. The smallest absolute Gasteiger partial charge is 0.377 e. The van der Waals surface area contributed by atoms with E-state index in [0.29, 0.717) is 11.5 Å². The molecule has 0 aliphatic rings. The van der Waals surface area contributed by atoms with Gasteiger partial charge in [-0.2, -0.15) is 0 Å². The molecule has 2 aromatic rings. The molecule has 0 radical (unpaired) electrons. The summed E-state index contributed by atoms with van der Waals surface area (Å²) in [6.07, 6.45) is 1.60. The second kappa shape index (κ2) is 5.09. The average molecular weight is 242 g/mol. The minimum absolute atomic E-state index is 0.107. The molecule has 0 atom stereocenters. The van der Waals surface area contributed by atoms with Gasteiger partial charge < -0.3 is 10.4 Å². The zero-order chi connectivity index (χ0) is 13.0. The van der Waals surface area contributed by atoms with Crippen LogP contribution in [0.3, 0.4) is 0 Å². The average Bonchev–Trinajstić information content (AvgIpc) is 2.39. The van der Waals surface area contributed by atoms with E-state index in [9.17, 15) is 9.59 Å². The first-order valence-corrected chi connectivity index (χ1v) is 5.23. The molecule has 1 heterocycles. The van der Waals surface area contributed by atoms with E-state index in [1.54, 1.807) is 42.6 Å². The number of hydrogen-bond acceptors (Lipinski definition) is 4. The van der Waals surface area contributed by atoms with E-state index in [4.69, 9.17) is 5.11 Å². The maximum Gasteiger partial charge on any atom is 0.377 e. The molecule has 2 N–H and O–H groups in total. The molecule has 5 heteroatoms. The lowest BCUT2D eigenvalue weighted by Gasteiger charge is -2.08. The van der Waals surface area contributed by atoms with Crippen LogP contribution in [0.1, 0.15) is 10.4 Å². The molecule has 5 nitrogen and oxygen atoms in total. The van der Waals surface area contributed by atoms with Crippen LogP contribution < -0.4 is 5.32 Å². The van der Waals surface area contributed by atoms with E-state index in [0.717, 1.165) is 0 Å². The number of aromatic nitrogens is 1. The number of nitrogens with zero attached hydrogens (tertiary/aromatic N) is 1. The Morgan fingerprint density at radius 1 is 1.06 bits per heavy atom. The molecule has 90 valence electrons. The standard InChI is InChI=1S/C13H10N2O3/c16-12(13(17)18)9-5-1-2-6-10(9)15-11-7-3-4-8-14-11/h1-8H,(H,14,15)(H,17,18). The number of para-hydroxylation sites is 1. The second-order valence-electron chi connectivity index (χ2n) is 3.52. The number of rotatable bonds is 4. The van der Waals surface area contributed by atoms with Crippen LogP contribution in [0.15, 0.2) is 48.7 Å². The monoisotopic (exact) mass is 242 g/mol. The van der Waals surface area contributed by atoms with Gasteiger partial charge in [-0.3, -0.25) is 4.79 Å². The molecular weight excluding hydrogens is 232 g/mol. The van der Waals surface area contributed by atoms with Crippen molar-refractivity contribution in [2.24, 2.45) is 0 Å². The normalized spacial score (nSPS) is 9.78. The summed E-state index contributed by atoms with van der Waals surface area (Å²) in [5.41, 5.74) is 0.527. The molecule has 0 aliphatic heterocycles. The highest BCUT2D eigenvalue weighted by Crippen LogP contribution is 2.19. The fourth-order valence-electron chi connectivity index (χ4n) is 1.48. The number of ketones is 1. The summed E-state index contributed by atoms with van der Waals surface area (Å²) in [6, 6.07) is 11.7. The van der Waals surface area contributed by atoms with Crippen molar-refractivity contribution in [3.63, 3.8) is 0 Å². The molecule has 1 aromatic carbocycles. The third-order valence-corrected chi connectivity index (χ3v) is 2.29. The highest BCUT2D eigenvalue weighted by atomic mass is 16.4. The third kappa shape index (κ3) is 2.52. The Morgan fingerprint density at radius 2 is 1.78 bits per heavy atom. The number of carboxylic acids is 1. The summed E-state index contributed by atoms with van der Waals surface area (Å²) in [5.74, 6) is -1.89. The third-order valence-electron chi connectivity index (χ3n) is 2.29. The predicted molar refractivity (Wildman–Crippen MR) is 65.9 cm³/mol. The second-order valence-corrected chi connectivity index (χ2v) is 3.52. The Hall–Kier alpha value is -2.69. The molecule has 0 spiro atoms. The first kappa shape index (κ1) is 11.8. The highest BCUT2D eigenvalue weighted by Gasteiger charge is 2.18. The van der Waals surface area contributed by atoms with Crippen molar-refractivity contribution >= 4 is 23.3 Å². The fraction of sp³-hybridized carbons (Fsp3) is 0. The van der Waals surface area contributed by atoms with E-state index in [2.05, 4.69) is 10.3 Å². The fourth-order valence-corrected chi connectivity index (χ4v) is 1.48. The highest BCUT2D eigenvalue weighted by molar-refractivity contribution is 6.41. The van der Waals surface area contributed by atoms with Gasteiger partial charge in [0.15, 0.2) is 0 Å². The van der Waals surface area contributed by atoms with Crippen molar-refractivity contribution in [2.45, 2.75) is 0 Å². The van der Waals surface area contributed by atoms with Gasteiger partial charge >= 0.3 is 5.97 Å². The van der Waals surface area contributed by atoms with Gasteiger partial charge in [0.1, 0.15) is 5.82 Å². The number of hydrogen-bond donors (Lipinski definition) is 2. The molecule has 0 aliphatic carbocycles. The number of carbonyl (C=O) groups is 2. The topological polar surface area (TPSA) is 79.3 Å². The van der Waals surface area contributed by atoms with Crippen LogP contribution in [0.25, 0.3) is 0 Å². The number of benzene rings is 1. The molecule has 18 heavy (non-hydrogen) atoms. The minimum atomic E-state index is -1.48. The van der Waals surface area contributed by atoms with Crippen LogP contribution in [-0.2, 0) is 4.79 Å². The Labute approximate surface area is 103 Å². The van der Waals surface area contributed by atoms with Gasteiger partial charge in [0.2, 0.25) is 0 Å². The largest absolute Gasteiger partial charge is 0.475 e. The molecular formula is C13H10N2O3. The first-order chi connectivity index (χ1) is 8.68. The van der Waals surface area contributed by atoms with E-state index < -0.39 is 11.8 Å². The van der Waals surface area contributed by atoms with Gasteiger partial charge in [-0.15, -0.1) is 0 Å². The number of carbonyl (C=O) groups excluding carboxylic acids is 1. The molecule has 2 rings (SSSR count). The summed E-state index contributed by atoms with van der Waals surface area (Å²) >= 11 is 0. The Bertz CT molecular complexity index is 582. The SMILES string of the molecule is O=C(O)C(=O)c1ccccc1Nc1ccccn1. The number of carboxylic acid groups (broad SMARTS) is 1. The summed E-state index contributed by atoms with van der Waals surface area (Å²) < 4.78 is 0. The number of aliphatic carboxylic acids is 1. The summed E-state index contributed by atoms with van der Waals surface area (Å²) in [4.78, 5) is 26.3. The minimum Gasteiger partial charge on any atom is -0.475 e. The maximum absolute atomic E-state index is 11.5. The molecule has 0 saturated carbocycles. The Balaban J connectivity index is 2.34. The lowest BCUT2D eigenvalue weighted by molar-refractivity contribution is -0.131. The summed E-state index contributed by atoms with van der Waals surface area (Å²) in [5, 5.41) is 11.6. The van der Waals surface area contributed by atoms with Crippen LogP contribution in [0.5, 0.6) is 0 Å². The van der Waals surface area contributed by atoms with Crippen LogP contribution in [0, 0.1) is 0 Å². The maximum atomic E-state index is 11.5. The zero-order valence-corrected chi connectivity index (χ0v) is 9.33. The van der Waals surface area contributed by atoms with Gasteiger partial charge in [0.05, 0.1) is 11.3 Å². The van der Waals surface area contributed by atoms with Gasteiger partial charge in [-0.05, 0) is 24.3 Å². The molecule has 0 bridgehead atoms. The van der Waals surface area contributed by atoms with E-state index >= 15 is 0 Å². The van der Waals surface area contributed by atoms with Crippen molar-refractivity contribution in [3.05, 3.63) is 54.2 Å². The number of Topliss-reactive ketones (excluding diaryl/α,β-unsaturated/α-hetero) is 1. The lowest BCUT2D eigenvalue weighted by atomic mass is 10.1. The van der Waals surface area contributed by atoms with Crippen molar-refractivity contribution < 1.29 is 14.7 Å². The number of nitrogens with one attached hydrogen (secondary N) is 1. The first-order valence-electron chi connectivity index (χ1n) is 5.23. The van der Waals surface area contributed by atoms with Crippen LogP contribution in [0.4, 0.5) is 11.5 Å². The summed E-state index contributed by atoms with van der Waals surface area (Å²) in [6.45, 7) is 0. The van der Waals surface area contributed by atoms with E-state index in [1.807, 2.05) is 0 Å². The van der Waals surface area contributed by atoms with Crippen LogP contribution in [0.2, 0.25) is 0 Å². The molecule has 0 amide bonds. The van der Waals surface area contributed by atoms with Crippen molar-refractivity contribution in [2.75, 3.05) is 5.32 Å². The van der Waals surface area contributed by atoms with Gasteiger partial charge in [0.25, 0.3) is 5.78 Å². The van der Waals surface area contributed by atoms with Crippen molar-refractivity contribution in [3.8, 4) is 0 Å². The van der Waals surface area contributed by atoms with Gasteiger partial charge in [0, 0.05) is 6.20 Å². The van der Waals surface area contributed by atoms with Crippen molar-refractivity contribution in [1.29, 1.82) is 0 Å². The lowest BCUT2D eigenvalue weighted by Crippen LogP contribution is -2.14. The van der Waals surface area contributed by atoms with E-state index in [1.165, 1.54) is 6.07 Å². The van der Waals surface area contributed by atoms with Gasteiger partial charge in [-0.1, -0.05) is 18.2 Å². The van der Waals surface area contributed by atoms with Crippen molar-refractivity contribution in [1.82, 2.24) is 4.98 Å². The number of pyridine rings is 1. The van der Waals surface area contributed by atoms with Crippen LogP contribution >= 0.6 is 0 Å². The van der Waals surface area contributed by atoms with Crippen LogP contribution in [-0.4, -0.2) is 21.8 Å². The number of anilines is 2. The van der Waals surface area contributed by atoms with Gasteiger partial charge in [-0.25, -0.2) is 9.78 Å².